The third kappa shape index (κ3) is 5.60. The SMILES string of the molecule is CN=C(NCCc1ccccn1)NCCc1c[nH]c2ccc(Cl)cc12.I. The van der Waals surface area contributed by atoms with Crippen molar-refractivity contribution in [3.05, 3.63) is 65.1 Å². The van der Waals surface area contributed by atoms with Crippen molar-refractivity contribution in [3.8, 4) is 0 Å². The van der Waals surface area contributed by atoms with Crippen LogP contribution in [0.25, 0.3) is 10.9 Å². The molecule has 3 aromatic rings. The quantitative estimate of drug-likeness (QED) is 0.284. The number of guanidine groups is 1. The molecule has 0 atom stereocenters. The molecular formula is C19H23ClIN5. The van der Waals surface area contributed by atoms with Gasteiger partial charge in [-0.25, -0.2) is 0 Å². The lowest BCUT2D eigenvalue weighted by Crippen LogP contribution is -2.39. The van der Waals surface area contributed by atoms with Gasteiger partial charge in [-0.3, -0.25) is 9.98 Å². The average molecular weight is 484 g/mol. The van der Waals surface area contributed by atoms with E-state index in [2.05, 4.69) is 25.6 Å². The second kappa shape index (κ2) is 10.4. The Balaban J connectivity index is 0.00000243. The smallest absolute Gasteiger partial charge is 0.190 e. The predicted molar refractivity (Wildman–Crippen MR) is 120 cm³/mol. The summed E-state index contributed by atoms with van der Waals surface area (Å²) in [6.45, 7) is 1.59. The predicted octanol–water partition coefficient (Wildman–Crippen LogP) is 3.78. The Kier molecular flexibility index (Phi) is 8.18. The highest BCUT2D eigenvalue weighted by molar-refractivity contribution is 14.0. The van der Waals surface area contributed by atoms with Crippen molar-refractivity contribution in [2.24, 2.45) is 4.99 Å². The Labute approximate surface area is 175 Å². The maximum atomic E-state index is 6.10. The first-order valence-electron chi connectivity index (χ1n) is 8.36. The minimum absolute atomic E-state index is 0. The molecule has 2 heterocycles. The van der Waals surface area contributed by atoms with Gasteiger partial charge in [0, 0.05) is 60.6 Å². The van der Waals surface area contributed by atoms with E-state index in [4.69, 9.17) is 11.6 Å². The van der Waals surface area contributed by atoms with Crippen molar-refractivity contribution in [2.45, 2.75) is 12.8 Å². The average Bonchev–Trinajstić information content (AvgIpc) is 3.03. The molecular weight excluding hydrogens is 461 g/mol. The number of fused-ring (bicyclic) bond motifs is 1. The first-order chi connectivity index (χ1) is 12.3. The minimum Gasteiger partial charge on any atom is -0.361 e. The summed E-state index contributed by atoms with van der Waals surface area (Å²) in [6.07, 6.45) is 5.61. The van der Waals surface area contributed by atoms with Gasteiger partial charge in [0.15, 0.2) is 5.96 Å². The summed E-state index contributed by atoms with van der Waals surface area (Å²) in [7, 11) is 1.78. The molecule has 138 valence electrons. The van der Waals surface area contributed by atoms with Crippen molar-refractivity contribution in [3.63, 3.8) is 0 Å². The van der Waals surface area contributed by atoms with Crippen molar-refractivity contribution >= 4 is 52.4 Å². The zero-order valence-corrected chi connectivity index (χ0v) is 17.7. The molecule has 0 bridgehead atoms. The van der Waals surface area contributed by atoms with Gasteiger partial charge in [-0.05, 0) is 42.3 Å². The molecule has 0 aliphatic carbocycles. The normalized spacial score (nSPS) is 11.2. The lowest BCUT2D eigenvalue weighted by atomic mass is 10.1. The molecule has 0 spiro atoms. The van der Waals surface area contributed by atoms with Crippen LogP contribution >= 0.6 is 35.6 Å². The fraction of sp³-hybridized carbons (Fsp3) is 0.263. The number of nitrogens with one attached hydrogen (secondary N) is 3. The van der Waals surface area contributed by atoms with Crippen LogP contribution in [-0.4, -0.2) is 36.1 Å². The third-order valence-corrected chi connectivity index (χ3v) is 4.27. The van der Waals surface area contributed by atoms with Crippen LogP contribution in [0.4, 0.5) is 0 Å². The number of hydrogen-bond acceptors (Lipinski definition) is 2. The molecule has 2 aromatic heterocycles. The summed E-state index contributed by atoms with van der Waals surface area (Å²) >= 11 is 6.10. The highest BCUT2D eigenvalue weighted by Gasteiger charge is 2.05. The molecule has 5 nitrogen and oxygen atoms in total. The molecule has 0 amide bonds. The summed E-state index contributed by atoms with van der Waals surface area (Å²) in [5.74, 6) is 0.800. The molecule has 3 N–H and O–H groups in total. The number of aliphatic imine (C=N–C) groups is 1. The van der Waals surface area contributed by atoms with Crippen LogP contribution in [0.5, 0.6) is 0 Å². The number of rotatable bonds is 6. The van der Waals surface area contributed by atoms with Crippen LogP contribution in [-0.2, 0) is 12.8 Å². The summed E-state index contributed by atoms with van der Waals surface area (Å²) < 4.78 is 0. The highest BCUT2D eigenvalue weighted by Crippen LogP contribution is 2.22. The largest absolute Gasteiger partial charge is 0.361 e. The van der Waals surface area contributed by atoms with Crippen LogP contribution in [0, 0.1) is 0 Å². The molecule has 0 aliphatic rings. The van der Waals surface area contributed by atoms with Gasteiger partial charge in [0.25, 0.3) is 0 Å². The Hall–Kier alpha value is -1.80. The van der Waals surface area contributed by atoms with Crippen LogP contribution in [0.3, 0.4) is 0 Å². The van der Waals surface area contributed by atoms with E-state index < -0.39 is 0 Å². The van der Waals surface area contributed by atoms with Gasteiger partial charge < -0.3 is 15.6 Å². The first-order valence-corrected chi connectivity index (χ1v) is 8.74. The van der Waals surface area contributed by atoms with Crippen LogP contribution in [0.15, 0.2) is 53.8 Å². The number of aromatic nitrogens is 2. The Morgan fingerprint density at radius 2 is 1.96 bits per heavy atom. The number of aromatic amines is 1. The lowest BCUT2D eigenvalue weighted by molar-refractivity contribution is 0.777. The van der Waals surface area contributed by atoms with Gasteiger partial charge in [0.2, 0.25) is 0 Å². The zero-order chi connectivity index (χ0) is 17.5. The molecule has 26 heavy (non-hydrogen) atoms. The summed E-state index contributed by atoms with van der Waals surface area (Å²) in [5, 5.41) is 8.59. The van der Waals surface area contributed by atoms with Gasteiger partial charge >= 0.3 is 0 Å². The molecule has 0 fully saturated rings. The number of pyridine rings is 1. The highest BCUT2D eigenvalue weighted by atomic mass is 127. The standard InChI is InChI=1S/C19H22ClN5.HI/c1-21-19(24-11-8-16-4-2-3-9-22-16)23-10-7-14-13-25-18-6-5-15(20)12-17(14)18;/h2-6,9,12-13,25H,7-8,10-11H2,1H3,(H2,21,23,24);1H. The molecule has 0 saturated heterocycles. The molecule has 1 aromatic carbocycles. The van der Waals surface area contributed by atoms with E-state index in [1.54, 1.807) is 7.05 Å². The second-order valence-electron chi connectivity index (χ2n) is 5.75. The van der Waals surface area contributed by atoms with Crippen LogP contribution < -0.4 is 10.6 Å². The second-order valence-corrected chi connectivity index (χ2v) is 6.19. The number of H-pyrrole nitrogens is 1. The lowest BCUT2D eigenvalue weighted by Gasteiger charge is -2.11. The maximum Gasteiger partial charge on any atom is 0.190 e. The van der Waals surface area contributed by atoms with Gasteiger partial charge in [-0.1, -0.05) is 17.7 Å². The van der Waals surface area contributed by atoms with Crippen molar-refractivity contribution < 1.29 is 0 Å². The molecule has 0 unspecified atom stereocenters. The fourth-order valence-corrected chi connectivity index (χ4v) is 2.92. The van der Waals surface area contributed by atoms with Crippen molar-refractivity contribution in [2.75, 3.05) is 20.1 Å². The molecule has 0 saturated carbocycles. The van der Waals surface area contributed by atoms with E-state index in [1.807, 2.05) is 48.8 Å². The van der Waals surface area contributed by atoms with Crippen LogP contribution in [0.2, 0.25) is 5.02 Å². The van der Waals surface area contributed by atoms with Gasteiger partial charge in [0.1, 0.15) is 0 Å². The molecule has 7 heteroatoms. The van der Waals surface area contributed by atoms with E-state index in [1.165, 1.54) is 10.9 Å². The van der Waals surface area contributed by atoms with E-state index >= 15 is 0 Å². The number of benzene rings is 1. The van der Waals surface area contributed by atoms with Gasteiger partial charge in [-0.15, -0.1) is 24.0 Å². The summed E-state index contributed by atoms with van der Waals surface area (Å²) in [4.78, 5) is 11.9. The minimum atomic E-state index is 0. The maximum absolute atomic E-state index is 6.10. The number of nitrogens with zero attached hydrogens (tertiary/aromatic N) is 2. The van der Waals surface area contributed by atoms with E-state index in [9.17, 15) is 0 Å². The zero-order valence-electron chi connectivity index (χ0n) is 14.6. The van der Waals surface area contributed by atoms with Gasteiger partial charge in [-0.2, -0.15) is 0 Å². The first kappa shape index (κ1) is 20.5. The third-order valence-electron chi connectivity index (χ3n) is 4.04. The topological polar surface area (TPSA) is 65.1 Å². The number of halogens is 2. The van der Waals surface area contributed by atoms with Gasteiger partial charge in [0.05, 0.1) is 0 Å². The fourth-order valence-electron chi connectivity index (χ4n) is 2.75. The molecule has 0 radical (unpaired) electrons. The van der Waals surface area contributed by atoms with E-state index in [0.717, 1.165) is 48.1 Å². The van der Waals surface area contributed by atoms with E-state index in [0.29, 0.717) is 0 Å². The van der Waals surface area contributed by atoms with Crippen LogP contribution in [0.1, 0.15) is 11.3 Å². The Bertz CT molecular complexity index is 848. The summed E-state index contributed by atoms with van der Waals surface area (Å²) in [5.41, 5.74) is 3.42. The van der Waals surface area contributed by atoms with Crippen molar-refractivity contribution in [1.29, 1.82) is 0 Å². The monoisotopic (exact) mass is 483 g/mol. The Morgan fingerprint density at radius 3 is 2.69 bits per heavy atom. The summed E-state index contributed by atoms with van der Waals surface area (Å²) in [6, 6.07) is 11.9. The van der Waals surface area contributed by atoms with E-state index in [-0.39, 0.29) is 24.0 Å². The van der Waals surface area contributed by atoms with Crippen molar-refractivity contribution in [1.82, 2.24) is 20.6 Å². The number of hydrogen-bond donors (Lipinski definition) is 3. The molecule has 3 rings (SSSR count). The Morgan fingerprint density at radius 1 is 1.15 bits per heavy atom. The molecule has 0 aliphatic heterocycles.